The molecule has 15 heavy (non-hydrogen) atoms. The largest absolute Gasteiger partial charge is 0.343 e. The zero-order valence-electron chi connectivity index (χ0n) is 8.99. The smallest absolute Gasteiger partial charge is 0.152 e. The van der Waals surface area contributed by atoms with Gasteiger partial charge in [-0.1, -0.05) is 19.2 Å². The Morgan fingerprint density at radius 1 is 1.60 bits per heavy atom. The molecule has 0 N–H and O–H groups in total. The molecule has 0 bridgehead atoms. The lowest BCUT2D eigenvalue weighted by molar-refractivity contribution is 0.112. The number of allylic oxidation sites excluding steroid dienone is 1. The molecule has 1 heterocycles. The minimum absolute atomic E-state index is 0.559. The molecule has 0 amide bonds. The highest BCUT2D eigenvalue weighted by Gasteiger charge is 2.27. The predicted octanol–water partition coefficient (Wildman–Crippen LogP) is 3.31. The maximum absolute atomic E-state index is 10.9. The highest BCUT2D eigenvalue weighted by atomic mass is 16.1. The Kier molecular flexibility index (Phi) is 2.35. The van der Waals surface area contributed by atoms with Gasteiger partial charge in [-0.15, -0.1) is 0 Å². The number of aromatic nitrogens is 1. The first-order chi connectivity index (χ1) is 7.19. The fourth-order valence-corrected chi connectivity index (χ4v) is 1.96. The Morgan fingerprint density at radius 2 is 2.27 bits per heavy atom. The maximum atomic E-state index is 10.9. The first-order valence-corrected chi connectivity index (χ1v) is 5.17. The number of carbonyl (C=O) groups is 1. The molecule has 1 aliphatic carbocycles. The van der Waals surface area contributed by atoms with Gasteiger partial charge in [-0.3, -0.25) is 4.79 Å². The van der Waals surface area contributed by atoms with Crippen molar-refractivity contribution in [3.05, 3.63) is 36.2 Å². The third-order valence-electron chi connectivity index (χ3n) is 2.78. The molecule has 78 valence electrons. The van der Waals surface area contributed by atoms with Gasteiger partial charge in [-0.25, -0.2) is 0 Å². The quantitative estimate of drug-likeness (QED) is 0.685. The second-order valence-electron chi connectivity index (χ2n) is 4.09. The molecule has 0 radical (unpaired) electrons. The van der Waals surface area contributed by atoms with Gasteiger partial charge in [0.05, 0.1) is 5.69 Å². The second kappa shape index (κ2) is 3.54. The molecular weight excluding hydrogens is 186 g/mol. The van der Waals surface area contributed by atoms with Crippen LogP contribution in [0.4, 0.5) is 0 Å². The first-order valence-electron chi connectivity index (χ1n) is 5.17. The molecule has 2 heteroatoms. The average molecular weight is 201 g/mol. The lowest BCUT2D eigenvalue weighted by Gasteiger charge is -2.08. The van der Waals surface area contributed by atoms with Crippen LogP contribution in [0.15, 0.2) is 19.4 Å². The molecule has 1 fully saturated rings. The summed E-state index contributed by atoms with van der Waals surface area (Å²) in [6.45, 7) is 9.70. The van der Waals surface area contributed by atoms with E-state index in [1.807, 2.05) is 13.1 Å². The zero-order valence-corrected chi connectivity index (χ0v) is 8.99. The van der Waals surface area contributed by atoms with Crippen LogP contribution in [0.1, 0.15) is 47.4 Å². The Balaban J connectivity index is 2.63. The number of hydrogen-bond donors (Lipinski definition) is 0. The summed E-state index contributed by atoms with van der Waals surface area (Å²) in [5, 5.41) is 0. The van der Waals surface area contributed by atoms with E-state index in [1.165, 1.54) is 12.8 Å². The van der Waals surface area contributed by atoms with E-state index < -0.39 is 0 Å². The van der Waals surface area contributed by atoms with Crippen LogP contribution >= 0.6 is 0 Å². The summed E-state index contributed by atoms with van der Waals surface area (Å²) in [7, 11) is 0. The van der Waals surface area contributed by atoms with Crippen molar-refractivity contribution < 1.29 is 4.79 Å². The molecular formula is C13H15NO. The van der Waals surface area contributed by atoms with Crippen LogP contribution in [-0.4, -0.2) is 10.9 Å². The summed E-state index contributed by atoms with van der Waals surface area (Å²) in [5.74, 6) is 0. The van der Waals surface area contributed by atoms with E-state index in [4.69, 9.17) is 0 Å². The van der Waals surface area contributed by atoms with E-state index in [-0.39, 0.29) is 0 Å². The van der Waals surface area contributed by atoms with Gasteiger partial charge >= 0.3 is 0 Å². The van der Waals surface area contributed by atoms with Crippen LogP contribution in [0, 0.1) is 0 Å². The van der Waals surface area contributed by atoms with Gasteiger partial charge in [0, 0.05) is 23.4 Å². The molecule has 2 nitrogen and oxygen atoms in total. The van der Waals surface area contributed by atoms with Crippen molar-refractivity contribution >= 4 is 17.9 Å². The third-order valence-corrected chi connectivity index (χ3v) is 2.78. The Morgan fingerprint density at radius 3 is 2.67 bits per heavy atom. The van der Waals surface area contributed by atoms with Gasteiger partial charge in [0.2, 0.25) is 0 Å². The topological polar surface area (TPSA) is 22.0 Å². The van der Waals surface area contributed by atoms with Crippen LogP contribution < -0.4 is 0 Å². The van der Waals surface area contributed by atoms with Crippen molar-refractivity contribution in [2.75, 3.05) is 0 Å². The summed E-state index contributed by atoms with van der Waals surface area (Å²) in [4.78, 5) is 10.9. The number of carbonyl (C=O) groups excluding carboxylic acids is 1. The van der Waals surface area contributed by atoms with Crippen LogP contribution in [0.5, 0.6) is 0 Å². The number of hydrogen-bond acceptors (Lipinski definition) is 1. The van der Waals surface area contributed by atoms with E-state index in [0.717, 1.165) is 28.7 Å². The number of nitrogens with zero attached hydrogens (tertiary/aromatic N) is 1. The summed E-state index contributed by atoms with van der Waals surface area (Å²) >= 11 is 0. The minimum Gasteiger partial charge on any atom is -0.343 e. The monoisotopic (exact) mass is 201 g/mol. The molecule has 0 aromatic carbocycles. The first kappa shape index (κ1) is 9.97. The SMILES string of the molecule is C=Cc1c(C=O)cn(C2CC2)c1C(=C)C. The minimum atomic E-state index is 0.559. The molecule has 0 saturated heterocycles. The number of aldehydes is 1. The van der Waals surface area contributed by atoms with Crippen LogP contribution in [0.3, 0.4) is 0 Å². The van der Waals surface area contributed by atoms with Gasteiger partial charge in [-0.05, 0) is 25.3 Å². The molecule has 0 spiro atoms. The normalized spacial score (nSPS) is 15.0. The van der Waals surface area contributed by atoms with Crippen molar-refractivity contribution in [2.45, 2.75) is 25.8 Å². The van der Waals surface area contributed by atoms with E-state index in [1.54, 1.807) is 6.08 Å². The summed E-state index contributed by atoms with van der Waals surface area (Å²) in [6, 6.07) is 0.559. The van der Waals surface area contributed by atoms with Crippen molar-refractivity contribution in [3.8, 4) is 0 Å². The standard InChI is InChI=1S/C13H15NO/c1-4-12-10(8-15)7-14(11-5-6-11)13(12)9(2)3/h4,7-8,11H,1-2,5-6H2,3H3. The molecule has 0 aliphatic heterocycles. The van der Waals surface area contributed by atoms with Crippen molar-refractivity contribution in [1.82, 2.24) is 4.57 Å². The van der Waals surface area contributed by atoms with Crippen molar-refractivity contribution in [2.24, 2.45) is 0 Å². The molecule has 0 atom stereocenters. The van der Waals surface area contributed by atoms with E-state index >= 15 is 0 Å². The molecule has 1 aromatic heterocycles. The van der Waals surface area contributed by atoms with Gasteiger partial charge in [0.1, 0.15) is 0 Å². The zero-order chi connectivity index (χ0) is 11.0. The van der Waals surface area contributed by atoms with E-state index in [9.17, 15) is 4.79 Å². The highest BCUT2D eigenvalue weighted by molar-refractivity contribution is 5.86. The summed E-state index contributed by atoms with van der Waals surface area (Å²) in [6.07, 6.45) is 6.95. The fourth-order valence-electron chi connectivity index (χ4n) is 1.96. The van der Waals surface area contributed by atoms with Gasteiger partial charge in [-0.2, -0.15) is 0 Å². The molecule has 1 saturated carbocycles. The van der Waals surface area contributed by atoms with Gasteiger partial charge in [0.25, 0.3) is 0 Å². The van der Waals surface area contributed by atoms with E-state index in [2.05, 4.69) is 17.7 Å². The molecule has 0 unspecified atom stereocenters. The predicted molar refractivity (Wildman–Crippen MR) is 62.9 cm³/mol. The Labute approximate surface area is 89.9 Å². The third kappa shape index (κ3) is 1.56. The molecule has 1 aromatic rings. The van der Waals surface area contributed by atoms with Gasteiger partial charge < -0.3 is 4.57 Å². The molecule has 2 rings (SSSR count). The maximum Gasteiger partial charge on any atom is 0.152 e. The highest BCUT2D eigenvalue weighted by Crippen LogP contribution is 2.39. The lowest BCUT2D eigenvalue weighted by atomic mass is 10.1. The van der Waals surface area contributed by atoms with E-state index in [0.29, 0.717) is 6.04 Å². The van der Waals surface area contributed by atoms with Crippen LogP contribution in [0.2, 0.25) is 0 Å². The van der Waals surface area contributed by atoms with Crippen molar-refractivity contribution in [1.29, 1.82) is 0 Å². The van der Waals surface area contributed by atoms with Crippen molar-refractivity contribution in [3.63, 3.8) is 0 Å². The second-order valence-corrected chi connectivity index (χ2v) is 4.09. The summed E-state index contributed by atoms with van der Waals surface area (Å²) in [5.41, 5.74) is 3.69. The number of rotatable bonds is 4. The molecule has 1 aliphatic rings. The van der Waals surface area contributed by atoms with Crippen LogP contribution in [0.25, 0.3) is 11.6 Å². The Hall–Kier alpha value is -1.57. The lowest BCUT2D eigenvalue weighted by Crippen LogP contribution is -1.97. The average Bonchev–Trinajstić information content (AvgIpc) is 2.97. The summed E-state index contributed by atoms with van der Waals surface area (Å²) < 4.78 is 2.17. The Bertz CT molecular complexity index is 436. The van der Waals surface area contributed by atoms with Gasteiger partial charge in [0.15, 0.2) is 6.29 Å². The fraction of sp³-hybridized carbons (Fsp3) is 0.308. The van der Waals surface area contributed by atoms with Crippen LogP contribution in [-0.2, 0) is 0 Å².